The predicted octanol–water partition coefficient (Wildman–Crippen LogP) is 0.753. The van der Waals surface area contributed by atoms with E-state index in [1.54, 1.807) is 7.28 Å². The molecule has 0 spiro atoms. The van der Waals surface area contributed by atoms with Gasteiger partial charge in [0.1, 0.15) is 0 Å². The Balaban J connectivity index is 2.02. The number of nitrogens with zero attached hydrogens (tertiary/aromatic N) is 1. The van der Waals surface area contributed by atoms with Crippen molar-refractivity contribution in [3.8, 4) is 5.97 Å². The molecule has 0 saturated heterocycles. The first-order chi connectivity index (χ1) is 4.86. The van der Waals surface area contributed by atoms with Crippen molar-refractivity contribution >= 4 is 7.28 Å². The summed E-state index contributed by atoms with van der Waals surface area (Å²) in [6.07, 6.45) is 3.12. The summed E-state index contributed by atoms with van der Waals surface area (Å²) >= 11 is 0. The fourth-order valence-electron chi connectivity index (χ4n) is 1.45. The van der Waals surface area contributed by atoms with Gasteiger partial charge < -0.3 is 5.11 Å². The monoisotopic (exact) mass is 136 g/mol. The SMILES string of the molecule is N#C[B]C1CC(CCO)C1. The first kappa shape index (κ1) is 7.62. The van der Waals surface area contributed by atoms with Gasteiger partial charge in [0.25, 0.3) is 7.28 Å². The minimum atomic E-state index is 0.296. The van der Waals surface area contributed by atoms with Crippen molar-refractivity contribution in [1.82, 2.24) is 0 Å². The van der Waals surface area contributed by atoms with Crippen molar-refractivity contribution in [3.63, 3.8) is 0 Å². The average molecular weight is 136 g/mol. The lowest BCUT2D eigenvalue weighted by molar-refractivity contribution is 0.208. The van der Waals surface area contributed by atoms with Crippen LogP contribution in [0.15, 0.2) is 0 Å². The Morgan fingerprint density at radius 1 is 1.60 bits per heavy atom. The van der Waals surface area contributed by atoms with Crippen LogP contribution < -0.4 is 0 Å². The Kier molecular flexibility index (Phi) is 2.76. The van der Waals surface area contributed by atoms with E-state index in [4.69, 9.17) is 10.4 Å². The molecule has 1 N–H and O–H groups in total. The van der Waals surface area contributed by atoms with E-state index in [0.29, 0.717) is 18.3 Å². The fourth-order valence-corrected chi connectivity index (χ4v) is 1.45. The molecule has 0 aromatic heterocycles. The molecule has 1 radical (unpaired) electrons. The normalized spacial score (nSPS) is 30.4. The van der Waals surface area contributed by atoms with Crippen LogP contribution in [0.4, 0.5) is 0 Å². The molecule has 0 bridgehead atoms. The molecule has 10 heavy (non-hydrogen) atoms. The molecule has 1 aliphatic rings. The van der Waals surface area contributed by atoms with Crippen LogP contribution in [-0.4, -0.2) is 19.0 Å². The van der Waals surface area contributed by atoms with Gasteiger partial charge in [-0.25, -0.2) is 5.26 Å². The molecular weight excluding hydrogens is 125 g/mol. The molecule has 0 heterocycles. The van der Waals surface area contributed by atoms with Gasteiger partial charge in [0.05, 0.1) is 0 Å². The summed E-state index contributed by atoms with van der Waals surface area (Å²) < 4.78 is 0. The van der Waals surface area contributed by atoms with Gasteiger partial charge >= 0.3 is 0 Å². The van der Waals surface area contributed by atoms with E-state index in [9.17, 15) is 0 Å². The summed E-state index contributed by atoms with van der Waals surface area (Å²) in [5, 5.41) is 16.8. The van der Waals surface area contributed by atoms with Crippen LogP contribution in [0, 0.1) is 17.1 Å². The molecule has 0 amide bonds. The number of nitriles is 1. The van der Waals surface area contributed by atoms with Gasteiger partial charge in [-0.15, -0.1) is 0 Å². The third-order valence-electron chi connectivity index (χ3n) is 2.12. The zero-order chi connectivity index (χ0) is 7.40. The van der Waals surface area contributed by atoms with Crippen molar-refractivity contribution in [2.24, 2.45) is 5.92 Å². The number of hydrogen-bond donors (Lipinski definition) is 1. The Morgan fingerprint density at radius 2 is 2.30 bits per heavy atom. The van der Waals surface area contributed by atoms with Gasteiger partial charge in [-0.2, -0.15) is 0 Å². The lowest BCUT2D eigenvalue weighted by Gasteiger charge is -2.33. The third kappa shape index (κ3) is 1.75. The minimum Gasteiger partial charge on any atom is -0.396 e. The van der Waals surface area contributed by atoms with Gasteiger partial charge in [-0.1, -0.05) is 18.7 Å². The summed E-state index contributed by atoms with van der Waals surface area (Å²) in [4.78, 5) is 0. The highest BCUT2D eigenvalue weighted by Gasteiger charge is 2.28. The molecule has 3 heteroatoms. The van der Waals surface area contributed by atoms with Gasteiger partial charge in [-0.3, -0.25) is 0 Å². The molecule has 0 unspecified atom stereocenters. The summed E-state index contributed by atoms with van der Waals surface area (Å²) in [6.45, 7) is 0.296. The number of aliphatic hydroxyl groups is 1. The Morgan fingerprint density at radius 3 is 2.80 bits per heavy atom. The number of hydrogen-bond acceptors (Lipinski definition) is 2. The van der Waals surface area contributed by atoms with E-state index >= 15 is 0 Å². The third-order valence-corrected chi connectivity index (χ3v) is 2.12. The maximum atomic E-state index is 8.54. The lowest BCUT2D eigenvalue weighted by Crippen LogP contribution is -2.23. The molecule has 1 saturated carbocycles. The quantitative estimate of drug-likeness (QED) is 0.581. The van der Waals surface area contributed by atoms with E-state index in [2.05, 4.69) is 0 Å². The minimum absolute atomic E-state index is 0.296. The summed E-state index contributed by atoms with van der Waals surface area (Å²) in [5.41, 5.74) is 0. The molecule has 0 aromatic rings. The lowest BCUT2D eigenvalue weighted by atomic mass is 9.52. The highest BCUT2D eigenvalue weighted by Crippen LogP contribution is 2.39. The molecule has 2 nitrogen and oxygen atoms in total. The topological polar surface area (TPSA) is 44.0 Å². The molecule has 53 valence electrons. The summed E-state index contributed by atoms with van der Waals surface area (Å²) in [5.74, 6) is 3.24. The first-order valence-electron chi connectivity index (χ1n) is 3.70. The highest BCUT2D eigenvalue weighted by molar-refractivity contribution is 6.47. The molecular formula is C7H11BNO. The van der Waals surface area contributed by atoms with E-state index < -0.39 is 0 Å². The molecule has 0 aromatic carbocycles. The van der Waals surface area contributed by atoms with Crippen molar-refractivity contribution in [2.45, 2.75) is 25.1 Å². The summed E-state index contributed by atoms with van der Waals surface area (Å²) in [6, 6.07) is 0. The van der Waals surface area contributed by atoms with Crippen molar-refractivity contribution < 1.29 is 5.11 Å². The fraction of sp³-hybridized carbons (Fsp3) is 0.857. The first-order valence-corrected chi connectivity index (χ1v) is 3.70. The van der Waals surface area contributed by atoms with Crippen molar-refractivity contribution in [2.75, 3.05) is 6.61 Å². The van der Waals surface area contributed by atoms with Crippen molar-refractivity contribution in [1.29, 1.82) is 5.26 Å². The summed E-state index contributed by atoms with van der Waals surface area (Å²) in [7, 11) is 1.70. The smallest absolute Gasteiger partial charge is 0.258 e. The van der Waals surface area contributed by atoms with E-state index in [0.717, 1.165) is 19.3 Å². The number of rotatable bonds is 3. The number of aliphatic hydroxyl groups excluding tert-OH is 1. The second-order valence-electron chi connectivity index (χ2n) is 2.91. The van der Waals surface area contributed by atoms with Gasteiger partial charge in [0.15, 0.2) is 0 Å². The van der Waals surface area contributed by atoms with Crippen LogP contribution in [0.3, 0.4) is 0 Å². The maximum Gasteiger partial charge on any atom is 0.258 e. The standard InChI is InChI=1S/C7H11BNO/c9-5-8-7-3-6(4-7)1-2-10/h6-7,10H,1-4H2. The molecule has 1 rings (SSSR count). The zero-order valence-electron chi connectivity index (χ0n) is 5.95. The van der Waals surface area contributed by atoms with Gasteiger partial charge in [-0.05, 0) is 18.3 Å². The molecule has 0 atom stereocenters. The van der Waals surface area contributed by atoms with E-state index in [-0.39, 0.29) is 0 Å². The van der Waals surface area contributed by atoms with E-state index in [1.165, 1.54) is 0 Å². The highest BCUT2D eigenvalue weighted by atomic mass is 16.3. The average Bonchev–Trinajstić information content (AvgIpc) is 1.84. The Hall–Kier alpha value is -0.485. The Bertz CT molecular complexity index is 137. The Labute approximate surface area is 62.1 Å². The van der Waals surface area contributed by atoms with Crippen LogP contribution in [0.5, 0.6) is 0 Å². The largest absolute Gasteiger partial charge is 0.396 e. The zero-order valence-corrected chi connectivity index (χ0v) is 5.95. The van der Waals surface area contributed by atoms with Crippen LogP contribution >= 0.6 is 0 Å². The van der Waals surface area contributed by atoms with E-state index in [1.807, 2.05) is 5.97 Å². The van der Waals surface area contributed by atoms with Crippen LogP contribution in [0.2, 0.25) is 5.82 Å². The van der Waals surface area contributed by atoms with Crippen LogP contribution in [0.1, 0.15) is 19.3 Å². The van der Waals surface area contributed by atoms with Gasteiger partial charge in [0, 0.05) is 6.61 Å². The molecule has 1 fully saturated rings. The van der Waals surface area contributed by atoms with Gasteiger partial charge in [0.2, 0.25) is 0 Å². The van der Waals surface area contributed by atoms with Crippen molar-refractivity contribution in [3.05, 3.63) is 0 Å². The molecule has 0 aliphatic heterocycles. The second-order valence-corrected chi connectivity index (χ2v) is 2.91. The molecule has 1 aliphatic carbocycles. The predicted molar refractivity (Wildman–Crippen MR) is 39.5 cm³/mol. The van der Waals surface area contributed by atoms with Crippen LogP contribution in [-0.2, 0) is 0 Å². The second kappa shape index (κ2) is 3.63. The maximum absolute atomic E-state index is 8.54. The van der Waals surface area contributed by atoms with Crippen LogP contribution in [0.25, 0.3) is 0 Å².